The predicted molar refractivity (Wildman–Crippen MR) is 80.8 cm³/mol. The zero-order valence-electron chi connectivity index (χ0n) is 12.1. The first kappa shape index (κ1) is 14.8. The Morgan fingerprint density at radius 1 is 1.26 bits per heavy atom. The maximum atomic E-state index is 13.7. The van der Waals surface area contributed by atoms with Crippen molar-refractivity contribution >= 4 is 11.6 Å². The number of benzene rings is 1. The van der Waals surface area contributed by atoms with E-state index < -0.39 is 17.5 Å². The van der Waals surface area contributed by atoms with Crippen molar-refractivity contribution < 1.29 is 13.6 Å². The molecule has 0 aliphatic carbocycles. The van der Waals surface area contributed by atoms with Crippen LogP contribution in [0.25, 0.3) is 11.3 Å². The molecule has 0 aliphatic heterocycles. The second-order valence-corrected chi connectivity index (χ2v) is 4.88. The highest BCUT2D eigenvalue weighted by atomic mass is 19.1. The molecule has 0 saturated carbocycles. The van der Waals surface area contributed by atoms with E-state index in [2.05, 4.69) is 15.4 Å². The van der Waals surface area contributed by atoms with E-state index >= 15 is 0 Å². The monoisotopic (exact) mass is 314 g/mol. The van der Waals surface area contributed by atoms with E-state index in [-0.39, 0.29) is 5.56 Å². The normalized spacial score (nSPS) is 10.6. The number of aromatic nitrogens is 3. The number of nitrogens with one attached hydrogen (secondary N) is 1. The Hall–Kier alpha value is -3.09. The molecule has 1 aromatic carbocycles. The van der Waals surface area contributed by atoms with E-state index in [1.165, 1.54) is 0 Å². The summed E-state index contributed by atoms with van der Waals surface area (Å²) >= 11 is 0. The summed E-state index contributed by atoms with van der Waals surface area (Å²) in [6.45, 7) is 0. The zero-order chi connectivity index (χ0) is 16.4. The molecule has 5 nitrogen and oxygen atoms in total. The van der Waals surface area contributed by atoms with E-state index in [1.54, 1.807) is 42.5 Å². The second-order valence-electron chi connectivity index (χ2n) is 4.88. The van der Waals surface area contributed by atoms with Crippen LogP contribution in [0.1, 0.15) is 10.4 Å². The predicted octanol–water partition coefficient (Wildman–Crippen LogP) is 3.01. The Morgan fingerprint density at radius 3 is 2.78 bits per heavy atom. The fourth-order valence-electron chi connectivity index (χ4n) is 2.14. The largest absolute Gasteiger partial charge is 0.320 e. The first-order valence-corrected chi connectivity index (χ1v) is 6.75. The average Bonchev–Trinajstić information content (AvgIpc) is 2.94. The van der Waals surface area contributed by atoms with Gasteiger partial charge >= 0.3 is 0 Å². The van der Waals surface area contributed by atoms with Gasteiger partial charge in [-0.2, -0.15) is 5.10 Å². The Kier molecular flexibility index (Phi) is 3.84. The van der Waals surface area contributed by atoms with Gasteiger partial charge in [0, 0.05) is 31.1 Å². The molecule has 1 N–H and O–H groups in total. The van der Waals surface area contributed by atoms with Crippen molar-refractivity contribution in [3.05, 3.63) is 66.1 Å². The summed E-state index contributed by atoms with van der Waals surface area (Å²) < 4.78 is 28.2. The molecule has 2 heterocycles. The highest BCUT2D eigenvalue weighted by Crippen LogP contribution is 2.25. The van der Waals surface area contributed by atoms with Gasteiger partial charge in [0.15, 0.2) is 0 Å². The minimum atomic E-state index is -0.922. The minimum Gasteiger partial charge on any atom is -0.320 e. The minimum absolute atomic E-state index is 0.243. The van der Waals surface area contributed by atoms with Gasteiger partial charge in [-0.25, -0.2) is 8.78 Å². The molecular formula is C16H12F2N4O. The lowest BCUT2D eigenvalue weighted by atomic mass is 10.1. The lowest BCUT2D eigenvalue weighted by Gasteiger charge is -2.09. The summed E-state index contributed by atoms with van der Waals surface area (Å²) in [5, 5.41) is 6.65. The van der Waals surface area contributed by atoms with Crippen molar-refractivity contribution in [1.82, 2.24) is 14.8 Å². The Morgan fingerprint density at radius 2 is 2.09 bits per heavy atom. The van der Waals surface area contributed by atoms with E-state index in [0.29, 0.717) is 23.0 Å². The topological polar surface area (TPSA) is 59.8 Å². The van der Waals surface area contributed by atoms with Crippen LogP contribution in [0.3, 0.4) is 0 Å². The SMILES string of the molecule is Cn1cc(-c2ncccc2NC(=O)c2ccc(F)cc2F)cn1. The summed E-state index contributed by atoms with van der Waals surface area (Å²) in [4.78, 5) is 16.4. The van der Waals surface area contributed by atoms with Crippen molar-refractivity contribution in [1.29, 1.82) is 0 Å². The van der Waals surface area contributed by atoms with E-state index in [0.717, 1.165) is 12.1 Å². The van der Waals surface area contributed by atoms with Crippen LogP contribution in [-0.2, 0) is 7.05 Å². The third kappa shape index (κ3) is 3.08. The average molecular weight is 314 g/mol. The number of halogens is 2. The van der Waals surface area contributed by atoms with E-state index in [9.17, 15) is 13.6 Å². The van der Waals surface area contributed by atoms with Crippen LogP contribution < -0.4 is 5.32 Å². The van der Waals surface area contributed by atoms with Gasteiger partial charge in [0.05, 0.1) is 23.1 Å². The molecule has 0 unspecified atom stereocenters. The third-order valence-corrected chi connectivity index (χ3v) is 3.21. The van der Waals surface area contributed by atoms with E-state index in [4.69, 9.17) is 0 Å². The number of nitrogens with zero attached hydrogens (tertiary/aromatic N) is 3. The number of hydrogen-bond acceptors (Lipinski definition) is 3. The van der Waals surface area contributed by atoms with Gasteiger partial charge in [-0.05, 0) is 24.3 Å². The number of carbonyl (C=O) groups excluding carboxylic acids is 1. The van der Waals surface area contributed by atoms with Crippen LogP contribution in [0.2, 0.25) is 0 Å². The summed E-state index contributed by atoms with van der Waals surface area (Å²) in [7, 11) is 1.76. The number of carbonyl (C=O) groups is 1. The third-order valence-electron chi connectivity index (χ3n) is 3.21. The highest BCUT2D eigenvalue weighted by Gasteiger charge is 2.15. The van der Waals surface area contributed by atoms with Crippen LogP contribution in [0.4, 0.5) is 14.5 Å². The van der Waals surface area contributed by atoms with Gasteiger partial charge < -0.3 is 5.32 Å². The van der Waals surface area contributed by atoms with Crippen LogP contribution in [0.15, 0.2) is 48.9 Å². The molecule has 0 fully saturated rings. The molecule has 3 aromatic rings. The molecule has 0 radical (unpaired) electrons. The van der Waals surface area contributed by atoms with Crippen LogP contribution in [-0.4, -0.2) is 20.7 Å². The standard InChI is InChI=1S/C16H12F2N4O/c1-22-9-10(8-20-22)15-14(3-2-6-19-15)21-16(23)12-5-4-11(17)7-13(12)18/h2-9H,1H3,(H,21,23). The van der Waals surface area contributed by atoms with Gasteiger partial charge in [-0.15, -0.1) is 0 Å². The Labute approximate surface area is 130 Å². The fourth-order valence-corrected chi connectivity index (χ4v) is 2.14. The fraction of sp³-hybridized carbons (Fsp3) is 0.0625. The Bertz CT molecular complexity index is 876. The molecule has 0 bridgehead atoms. The molecule has 0 saturated heterocycles. The van der Waals surface area contributed by atoms with Crippen molar-refractivity contribution in [3.8, 4) is 11.3 Å². The molecule has 23 heavy (non-hydrogen) atoms. The van der Waals surface area contributed by atoms with Gasteiger partial charge in [0.1, 0.15) is 11.6 Å². The van der Waals surface area contributed by atoms with Gasteiger partial charge in [-0.1, -0.05) is 0 Å². The zero-order valence-corrected chi connectivity index (χ0v) is 12.1. The first-order valence-electron chi connectivity index (χ1n) is 6.75. The number of rotatable bonds is 3. The molecule has 1 amide bonds. The van der Waals surface area contributed by atoms with Crippen LogP contribution >= 0.6 is 0 Å². The Balaban J connectivity index is 1.93. The van der Waals surface area contributed by atoms with Crippen LogP contribution in [0.5, 0.6) is 0 Å². The van der Waals surface area contributed by atoms with Gasteiger partial charge in [0.25, 0.3) is 5.91 Å². The molecule has 2 aromatic heterocycles. The smallest absolute Gasteiger partial charge is 0.258 e. The van der Waals surface area contributed by atoms with Crippen molar-refractivity contribution in [2.75, 3.05) is 5.32 Å². The second kappa shape index (κ2) is 5.96. The molecule has 0 spiro atoms. The number of amides is 1. The molecule has 116 valence electrons. The number of pyridine rings is 1. The van der Waals surface area contributed by atoms with E-state index in [1.807, 2.05) is 0 Å². The summed E-state index contributed by atoms with van der Waals surface area (Å²) in [6, 6.07) is 6.09. The molecule has 0 atom stereocenters. The number of anilines is 1. The van der Waals surface area contributed by atoms with Crippen LogP contribution in [0, 0.1) is 11.6 Å². The maximum Gasteiger partial charge on any atom is 0.258 e. The summed E-state index contributed by atoms with van der Waals surface area (Å²) in [6.07, 6.45) is 4.93. The van der Waals surface area contributed by atoms with Gasteiger partial charge in [0.2, 0.25) is 0 Å². The van der Waals surface area contributed by atoms with Crippen molar-refractivity contribution in [2.45, 2.75) is 0 Å². The maximum absolute atomic E-state index is 13.7. The molecule has 3 rings (SSSR count). The van der Waals surface area contributed by atoms with Crippen molar-refractivity contribution in [2.24, 2.45) is 7.05 Å². The molecular weight excluding hydrogens is 302 g/mol. The molecule has 7 heteroatoms. The lowest BCUT2D eigenvalue weighted by Crippen LogP contribution is -2.14. The first-order chi connectivity index (χ1) is 11.0. The quantitative estimate of drug-likeness (QED) is 0.808. The van der Waals surface area contributed by atoms with Gasteiger partial charge in [-0.3, -0.25) is 14.5 Å². The summed E-state index contributed by atoms with van der Waals surface area (Å²) in [5.74, 6) is -2.34. The lowest BCUT2D eigenvalue weighted by molar-refractivity contribution is 0.102. The number of hydrogen-bond donors (Lipinski definition) is 1. The summed E-state index contributed by atoms with van der Waals surface area (Å²) in [5.41, 5.74) is 1.39. The molecule has 0 aliphatic rings. The number of aryl methyl sites for hydroxylation is 1. The van der Waals surface area contributed by atoms with Crippen molar-refractivity contribution in [3.63, 3.8) is 0 Å². The highest BCUT2D eigenvalue weighted by molar-refractivity contribution is 6.06.